The standard InChI is InChI=1S/C30H28N2/c1-23(31-29-17-13-27(14-18-29)21-25-9-5-3-6-10-25)24(2)32-30-19-15-28(16-20-30)22-26-11-7-4-8-12-26/h3-20H,21-22H2,1-2H3. The van der Waals surface area contributed by atoms with Crippen LogP contribution in [0.15, 0.2) is 119 Å². The number of aliphatic imine (C=N–C) groups is 2. The molecule has 4 aromatic carbocycles. The monoisotopic (exact) mass is 416 g/mol. The van der Waals surface area contributed by atoms with E-state index in [9.17, 15) is 0 Å². The Balaban J connectivity index is 1.40. The molecule has 0 atom stereocenters. The van der Waals surface area contributed by atoms with Gasteiger partial charge >= 0.3 is 0 Å². The van der Waals surface area contributed by atoms with Gasteiger partial charge in [-0.2, -0.15) is 0 Å². The lowest BCUT2D eigenvalue weighted by Gasteiger charge is -2.05. The largest absolute Gasteiger partial charge is 0.252 e. The fourth-order valence-electron chi connectivity index (χ4n) is 3.59. The summed E-state index contributed by atoms with van der Waals surface area (Å²) in [5.74, 6) is 0. The van der Waals surface area contributed by atoms with E-state index in [1.165, 1.54) is 22.3 Å². The van der Waals surface area contributed by atoms with Crippen LogP contribution in [0.1, 0.15) is 36.1 Å². The van der Waals surface area contributed by atoms with Crippen molar-refractivity contribution in [2.75, 3.05) is 0 Å². The molecule has 4 aromatic rings. The summed E-state index contributed by atoms with van der Waals surface area (Å²) < 4.78 is 0. The van der Waals surface area contributed by atoms with E-state index in [0.717, 1.165) is 35.6 Å². The molecule has 0 aliphatic rings. The van der Waals surface area contributed by atoms with Gasteiger partial charge in [-0.3, -0.25) is 9.98 Å². The normalized spacial score (nSPS) is 12.1. The van der Waals surface area contributed by atoms with Gasteiger partial charge in [-0.25, -0.2) is 0 Å². The van der Waals surface area contributed by atoms with Crippen LogP contribution in [0.4, 0.5) is 11.4 Å². The third-order valence-electron chi connectivity index (χ3n) is 5.49. The van der Waals surface area contributed by atoms with Crippen LogP contribution in [0.2, 0.25) is 0 Å². The summed E-state index contributed by atoms with van der Waals surface area (Å²) in [6, 6.07) is 38.0. The first-order valence-corrected chi connectivity index (χ1v) is 11.0. The van der Waals surface area contributed by atoms with Crippen molar-refractivity contribution in [3.63, 3.8) is 0 Å². The third-order valence-corrected chi connectivity index (χ3v) is 5.49. The van der Waals surface area contributed by atoms with E-state index in [4.69, 9.17) is 9.98 Å². The van der Waals surface area contributed by atoms with E-state index < -0.39 is 0 Å². The van der Waals surface area contributed by atoms with Crippen molar-refractivity contribution in [3.8, 4) is 0 Å². The average Bonchev–Trinajstić information content (AvgIpc) is 2.83. The molecule has 0 aliphatic carbocycles. The SMILES string of the molecule is CC(=Nc1ccc(Cc2ccccc2)cc1)C(C)=Nc1ccc(Cc2ccccc2)cc1. The quantitative estimate of drug-likeness (QED) is 0.275. The summed E-state index contributed by atoms with van der Waals surface area (Å²) >= 11 is 0. The van der Waals surface area contributed by atoms with E-state index >= 15 is 0 Å². The Morgan fingerprint density at radius 1 is 0.438 bits per heavy atom. The van der Waals surface area contributed by atoms with Crippen molar-refractivity contribution >= 4 is 22.8 Å². The zero-order valence-corrected chi connectivity index (χ0v) is 18.7. The number of nitrogens with zero attached hydrogens (tertiary/aromatic N) is 2. The molecule has 2 nitrogen and oxygen atoms in total. The van der Waals surface area contributed by atoms with Gasteiger partial charge in [-0.15, -0.1) is 0 Å². The van der Waals surface area contributed by atoms with E-state index in [-0.39, 0.29) is 0 Å². The molecule has 0 saturated carbocycles. The summed E-state index contributed by atoms with van der Waals surface area (Å²) in [6.07, 6.45) is 1.87. The van der Waals surface area contributed by atoms with E-state index in [2.05, 4.69) is 97.1 Å². The van der Waals surface area contributed by atoms with E-state index in [1.54, 1.807) is 0 Å². The molecule has 4 rings (SSSR count). The molecule has 0 fully saturated rings. The molecule has 158 valence electrons. The fraction of sp³-hybridized carbons (Fsp3) is 0.133. The highest BCUT2D eigenvalue weighted by Crippen LogP contribution is 2.19. The summed E-state index contributed by atoms with van der Waals surface area (Å²) in [5.41, 5.74) is 8.96. The van der Waals surface area contributed by atoms with Crippen LogP contribution in [-0.2, 0) is 12.8 Å². The lowest BCUT2D eigenvalue weighted by molar-refractivity contribution is 1.19. The van der Waals surface area contributed by atoms with Crippen LogP contribution < -0.4 is 0 Å². The van der Waals surface area contributed by atoms with Crippen LogP contribution in [0.3, 0.4) is 0 Å². The van der Waals surface area contributed by atoms with E-state index in [0.29, 0.717) is 0 Å². The second-order valence-electron chi connectivity index (χ2n) is 8.05. The van der Waals surface area contributed by atoms with Crippen LogP contribution in [0, 0.1) is 0 Å². The molecule has 0 aromatic heterocycles. The highest BCUT2D eigenvalue weighted by molar-refractivity contribution is 6.41. The molecule has 0 radical (unpaired) electrons. The van der Waals surface area contributed by atoms with Gasteiger partial charge in [0.15, 0.2) is 0 Å². The van der Waals surface area contributed by atoms with Crippen molar-refractivity contribution in [2.45, 2.75) is 26.7 Å². The fourth-order valence-corrected chi connectivity index (χ4v) is 3.59. The molecule has 32 heavy (non-hydrogen) atoms. The van der Waals surface area contributed by atoms with Gasteiger partial charge in [-0.05, 0) is 73.2 Å². The predicted octanol–water partition coefficient (Wildman–Crippen LogP) is 7.75. The van der Waals surface area contributed by atoms with Crippen molar-refractivity contribution < 1.29 is 0 Å². The Labute approximate surface area is 191 Å². The van der Waals surface area contributed by atoms with Gasteiger partial charge in [0.25, 0.3) is 0 Å². The maximum Gasteiger partial charge on any atom is 0.0633 e. The molecule has 2 heteroatoms. The van der Waals surface area contributed by atoms with E-state index in [1.807, 2.05) is 26.0 Å². The summed E-state index contributed by atoms with van der Waals surface area (Å²) in [4.78, 5) is 9.53. The Hall–Kier alpha value is -3.78. The van der Waals surface area contributed by atoms with Gasteiger partial charge in [0.05, 0.1) is 22.8 Å². The summed E-state index contributed by atoms with van der Waals surface area (Å²) in [6.45, 7) is 4.03. The van der Waals surface area contributed by atoms with Gasteiger partial charge in [0.1, 0.15) is 0 Å². The Bertz CT molecular complexity index is 1090. The second-order valence-corrected chi connectivity index (χ2v) is 8.05. The molecule has 0 unspecified atom stereocenters. The number of benzene rings is 4. The first-order chi connectivity index (χ1) is 15.7. The third kappa shape index (κ3) is 6.12. The highest BCUT2D eigenvalue weighted by atomic mass is 14.8. The molecule has 0 N–H and O–H groups in total. The Kier molecular flexibility index (Phi) is 7.04. The maximum atomic E-state index is 4.76. The summed E-state index contributed by atoms with van der Waals surface area (Å²) in [5, 5.41) is 0. The van der Waals surface area contributed by atoms with Gasteiger partial charge < -0.3 is 0 Å². The Morgan fingerprint density at radius 3 is 1.09 bits per heavy atom. The highest BCUT2D eigenvalue weighted by Gasteiger charge is 2.02. The second kappa shape index (κ2) is 10.5. The zero-order chi connectivity index (χ0) is 22.2. The van der Waals surface area contributed by atoms with Crippen molar-refractivity contribution in [1.82, 2.24) is 0 Å². The molecule has 0 saturated heterocycles. The Morgan fingerprint density at radius 2 is 0.750 bits per heavy atom. The van der Waals surface area contributed by atoms with Gasteiger partial charge in [0.2, 0.25) is 0 Å². The molecular formula is C30H28N2. The van der Waals surface area contributed by atoms with Gasteiger partial charge in [-0.1, -0.05) is 84.9 Å². The first-order valence-electron chi connectivity index (χ1n) is 11.0. The topological polar surface area (TPSA) is 24.7 Å². The maximum absolute atomic E-state index is 4.76. The van der Waals surface area contributed by atoms with Crippen LogP contribution in [-0.4, -0.2) is 11.4 Å². The van der Waals surface area contributed by atoms with Gasteiger partial charge in [0, 0.05) is 0 Å². The van der Waals surface area contributed by atoms with Crippen molar-refractivity contribution in [2.24, 2.45) is 9.98 Å². The smallest absolute Gasteiger partial charge is 0.0633 e. The first kappa shape index (κ1) is 21.5. The molecule has 0 heterocycles. The summed E-state index contributed by atoms with van der Waals surface area (Å²) in [7, 11) is 0. The zero-order valence-electron chi connectivity index (χ0n) is 18.7. The lowest BCUT2D eigenvalue weighted by Crippen LogP contribution is -2.04. The van der Waals surface area contributed by atoms with Crippen molar-refractivity contribution in [3.05, 3.63) is 131 Å². The predicted molar refractivity (Wildman–Crippen MR) is 137 cm³/mol. The lowest BCUT2D eigenvalue weighted by atomic mass is 10.0. The minimum atomic E-state index is 0.925. The average molecular weight is 417 g/mol. The number of hydrogen-bond donors (Lipinski definition) is 0. The minimum Gasteiger partial charge on any atom is -0.252 e. The van der Waals surface area contributed by atoms with Crippen LogP contribution in [0.25, 0.3) is 0 Å². The molecule has 0 bridgehead atoms. The molecule has 0 spiro atoms. The molecule has 0 aliphatic heterocycles. The minimum absolute atomic E-state index is 0.925. The van der Waals surface area contributed by atoms with Crippen LogP contribution >= 0.6 is 0 Å². The molecule has 0 amide bonds. The number of rotatable bonds is 7. The number of hydrogen-bond acceptors (Lipinski definition) is 2. The molecular weight excluding hydrogens is 388 g/mol. The van der Waals surface area contributed by atoms with Crippen LogP contribution in [0.5, 0.6) is 0 Å². The van der Waals surface area contributed by atoms with Crippen molar-refractivity contribution in [1.29, 1.82) is 0 Å².